The Morgan fingerprint density at radius 2 is 2.13 bits per heavy atom. The third-order valence-corrected chi connectivity index (χ3v) is 3.00. The van der Waals surface area contributed by atoms with E-state index in [4.69, 9.17) is 11.6 Å². The second kappa shape index (κ2) is 7.90. The molecule has 0 saturated heterocycles. The van der Waals surface area contributed by atoms with Crippen molar-refractivity contribution in [3.05, 3.63) is 55.7 Å². The Labute approximate surface area is 134 Å². The number of rotatable bonds is 6. The molecule has 0 fully saturated rings. The standard InChI is InChI=1S/C13H13ClN6O3/c14-9-4-2-1-3-8(9)7-16-18-10(21)5-6-15-11-12(22)17-13(23)20-19-11/h1-4,7H,5-6H2,(H,15,19)(H,18,21)(H2,17,20,22,23)/b16-7+. The van der Waals surface area contributed by atoms with Crippen molar-refractivity contribution in [1.82, 2.24) is 20.6 Å². The van der Waals surface area contributed by atoms with Gasteiger partial charge in [0.1, 0.15) is 0 Å². The van der Waals surface area contributed by atoms with E-state index < -0.39 is 11.2 Å². The number of carbonyl (C=O) groups excluding carboxylic acids is 1. The number of aromatic amines is 2. The topological polar surface area (TPSA) is 132 Å². The molecule has 2 rings (SSSR count). The first-order valence-corrected chi connectivity index (χ1v) is 6.93. The van der Waals surface area contributed by atoms with Gasteiger partial charge in [-0.15, -0.1) is 5.10 Å². The molecule has 1 heterocycles. The Balaban J connectivity index is 1.78. The lowest BCUT2D eigenvalue weighted by Crippen LogP contribution is -2.28. The molecule has 0 atom stereocenters. The minimum Gasteiger partial charge on any atom is -0.364 e. The smallest absolute Gasteiger partial charge is 0.342 e. The Morgan fingerprint density at radius 3 is 2.87 bits per heavy atom. The van der Waals surface area contributed by atoms with E-state index >= 15 is 0 Å². The number of hydrazone groups is 1. The summed E-state index contributed by atoms with van der Waals surface area (Å²) in [5.41, 5.74) is 1.65. The van der Waals surface area contributed by atoms with Gasteiger partial charge in [-0.25, -0.2) is 15.3 Å². The molecule has 0 saturated carbocycles. The summed E-state index contributed by atoms with van der Waals surface area (Å²) in [6.45, 7) is 0.148. The SMILES string of the molecule is O=C(CCNc1n[nH]c(=O)[nH]c1=O)N/N=C/c1ccccc1Cl. The molecular formula is C13H13ClN6O3. The van der Waals surface area contributed by atoms with Crippen LogP contribution in [0.15, 0.2) is 39.0 Å². The summed E-state index contributed by atoms with van der Waals surface area (Å²) in [6.07, 6.45) is 1.49. The quantitative estimate of drug-likeness (QED) is 0.437. The Hall–Kier alpha value is -2.94. The highest BCUT2D eigenvalue weighted by atomic mass is 35.5. The molecule has 23 heavy (non-hydrogen) atoms. The Morgan fingerprint density at radius 1 is 1.35 bits per heavy atom. The van der Waals surface area contributed by atoms with Crippen molar-refractivity contribution in [2.24, 2.45) is 5.10 Å². The summed E-state index contributed by atoms with van der Waals surface area (Å²) in [5, 5.41) is 12.5. The van der Waals surface area contributed by atoms with Crippen molar-refractivity contribution in [3.8, 4) is 0 Å². The summed E-state index contributed by atoms with van der Waals surface area (Å²) in [5.74, 6) is -0.432. The molecule has 0 spiro atoms. The first-order chi connectivity index (χ1) is 11.1. The van der Waals surface area contributed by atoms with Crippen LogP contribution < -0.4 is 22.0 Å². The van der Waals surface area contributed by atoms with E-state index in [0.717, 1.165) is 0 Å². The lowest BCUT2D eigenvalue weighted by Gasteiger charge is -2.03. The number of H-pyrrole nitrogens is 2. The highest BCUT2D eigenvalue weighted by Gasteiger charge is 2.03. The normalized spacial score (nSPS) is 10.7. The molecule has 1 aromatic carbocycles. The monoisotopic (exact) mass is 336 g/mol. The molecule has 0 aliphatic heterocycles. The molecule has 120 valence electrons. The Kier molecular flexibility index (Phi) is 5.64. The number of aromatic nitrogens is 3. The summed E-state index contributed by atoms with van der Waals surface area (Å²) in [4.78, 5) is 35.7. The predicted molar refractivity (Wildman–Crippen MR) is 85.8 cm³/mol. The first-order valence-electron chi connectivity index (χ1n) is 6.55. The van der Waals surface area contributed by atoms with Gasteiger partial charge in [0, 0.05) is 23.6 Å². The van der Waals surface area contributed by atoms with Crippen molar-refractivity contribution >= 4 is 29.5 Å². The molecular weight excluding hydrogens is 324 g/mol. The van der Waals surface area contributed by atoms with Gasteiger partial charge in [0.25, 0.3) is 5.56 Å². The van der Waals surface area contributed by atoms with Crippen molar-refractivity contribution in [3.63, 3.8) is 0 Å². The average Bonchev–Trinajstić information content (AvgIpc) is 2.51. The third-order valence-electron chi connectivity index (χ3n) is 2.65. The lowest BCUT2D eigenvalue weighted by atomic mass is 10.2. The Bertz CT molecular complexity index is 829. The van der Waals surface area contributed by atoms with Crippen LogP contribution in [-0.2, 0) is 4.79 Å². The van der Waals surface area contributed by atoms with Crippen molar-refractivity contribution in [1.29, 1.82) is 0 Å². The van der Waals surface area contributed by atoms with Crippen LogP contribution in [0.1, 0.15) is 12.0 Å². The number of hydrogen-bond acceptors (Lipinski definition) is 6. The van der Waals surface area contributed by atoms with E-state index in [9.17, 15) is 14.4 Å². The number of carbonyl (C=O) groups is 1. The van der Waals surface area contributed by atoms with Gasteiger partial charge in [0.2, 0.25) is 11.7 Å². The molecule has 0 radical (unpaired) electrons. The number of halogens is 1. The number of benzene rings is 1. The zero-order chi connectivity index (χ0) is 16.7. The van der Waals surface area contributed by atoms with Gasteiger partial charge < -0.3 is 5.32 Å². The van der Waals surface area contributed by atoms with Crippen LogP contribution in [0.3, 0.4) is 0 Å². The van der Waals surface area contributed by atoms with Gasteiger partial charge in [0.05, 0.1) is 6.21 Å². The summed E-state index contributed by atoms with van der Waals surface area (Å²) in [7, 11) is 0. The fourth-order valence-corrected chi connectivity index (χ4v) is 1.76. The number of amides is 1. The minimum absolute atomic E-state index is 0.0557. The molecule has 0 unspecified atom stereocenters. The molecule has 1 aromatic heterocycles. The summed E-state index contributed by atoms with van der Waals surface area (Å²) >= 11 is 5.94. The van der Waals surface area contributed by atoms with Gasteiger partial charge in [-0.05, 0) is 6.07 Å². The van der Waals surface area contributed by atoms with Crippen LogP contribution in [0, 0.1) is 0 Å². The van der Waals surface area contributed by atoms with E-state index in [1.165, 1.54) is 6.21 Å². The zero-order valence-electron chi connectivity index (χ0n) is 11.8. The number of nitrogens with one attached hydrogen (secondary N) is 4. The van der Waals surface area contributed by atoms with Crippen LogP contribution >= 0.6 is 11.6 Å². The maximum absolute atomic E-state index is 11.6. The van der Waals surface area contributed by atoms with Gasteiger partial charge in [-0.1, -0.05) is 29.8 Å². The maximum atomic E-state index is 11.6. The number of anilines is 1. The van der Waals surface area contributed by atoms with Crippen LogP contribution in [0.4, 0.5) is 5.82 Å². The summed E-state index contributed by atoms with van der Waals surface area (Å²) in [6, 6.07) is 7.06. The number of hydrogen-bond donors (Lipinski definition) is 4. The first kappa shape index (κ1) is 16.4. The molecule has 9 nitrogen and oxygen atoms in total. The average molecular weight is 337 g/mol. The van der Waals surface area contributed by atoms with E-state index in [-0.39, 0.29) is 24.7 Å². The third kappa shape index (κ3) is 5.08. The maximum Gasteiger partial charge on any atom is 0.342 e. The molecule has 0 bridgehead atoms. The minimum atomic E-state index is -0.702. The van der Waals surface area contributed by atoms with Crippen LogP contribution in [0.5, 0.6) is 0 Å². The largest absolute Gasteiger partial charge is 0.364 e. The van der Waals surface area contributed by atoms with Gasteiger partial charge in [0.15, 0.2) is 0 Å². The fourth-order valence-electron chi connectivity index (χ4n) is 1.57. The highest BCUT2D eigenvalue weighted by molar-refractivity contribution is 6.33. The molecule has 0 aliphatic carbocycles. The van der Waals surface area contributed by atoms with Crippen LogP contribution in [0.2, 0.25) is 5.02 Å². The van der Waals surface area contributed by atoms with E-state index in [2.05, 4.69) is 26.0 Å². The van der Waals surface area contributed by atoms with Crippen molar-refractivity contribution < 1.29 is 4.79 Å². The molecule has 2 aromatic rings. The number of nitrogens with zero attached hydrogens (tertiary/aromatic N) is 2. The molecule has 1 amide bonds. The fraction of sp³-hybridized carbons (Fsp3) is 0.154. The lowest BCUT2D eigenvalue weighted by molar-refractivity contribution is -0.120. The second-order valence-corrected chi connectivity index (χ2v) is 4.75. The molecule has 4 N–H and O–H groups in total. The van der Waals surface area contributed by atoms with Gasteiger partial charge in [-0.3, -0.25) is 14.6 Å². The zero-order valence-corrected chi connectivity index (χ0v) is 12.6. The van der Waals surface area contributed by atoms with Gasteiger partial charge >= 0.3 is 5.69 Å². The van der Waals surface area contributed by atoms with Crippen molar-refractivity contribution in [2.75, 3.05) is 11.9 Å². The molecule has 0 aliphatic rings. The van der Waals surface area contributed by atoms with Crippen molar-refractivity contribution in [2.45, 2.75) is 6.42 Å². The van der Waals surface area contributed by atoms with E-state index in [1.54, 1.807) is 24.3 Å². The predicted octanol–water partition coefficient (Wildman–Crippen LogP) is 0.0639. The van der Waals surface area contributed by atoms with E-state index in [1.807, 2.05) is 4.98 Å². The van der Waals surface area contributed by atoms with Crippen LogP contribution in [-0.4, -0.2) is 33.8 Å². The second-order valence-electron chi connectivity index (χ2n) is 4.35. The van der Waals surface area contributed by atoms with Gasteiger partial charge in [-0.2, -0.15) is 5.10 Å². The van der Waals surface area contributed by atoms with E-state index in [0.29, 0.717) is 10.6 Å². The highest BCUT2D eigenvalue weighted by Crippen LogP contribution is 2.11. The van der Waals surface area contributed by atoms with Crippen LogP contribution in [0.25, 0.3) is 0 Å². The summed E-state index contributed by atoms with van der Waals surface area (Å²) < 4.78 is 0. The molecule has 10 heteroatoms.